The van der Waals surface area contributed by atoms with E-state index in [-0.39, 0.29) is 11.9 Å². The summed E-state index contributed by atoms with van der Waals surface area (Å²) in [7, 11) is 0. The Labute approximate surface area is 143 Å². The molecule has 24 heavy (non-hydrogen) atoms. The molecule has 0 aromatic heterocycles. The van der Waals surface area contributed by atoms with E-state index in [9.17, 15) is 4.79 Å². The molecular formula is C20H26N3O+. The van der Waals surface area contributed by atoms with Crippen molar-refractivity contribution in [1.82, 2.24) is 0 Å². The van der Waals surface area contributed by atoms with Crippen molar-refractivity contribution in [2.45, 2.75) is 25.8 Å². The van der Waals surface area contributed by atoms with Crippen molar-refractivity contribution >= 4 is 17.3 Å². The first kappa shape index (κ1) is 16.5. The number of benzene rings is 2. The van der Waals surface area contributed by atoms with Crippen LogP contribution in [0.2, 0.25) is 0 Å². The molecule has 1 amide bonds. The van der Waals surface area contributed by atoms with Gasteiger partial charge in [0.2, 0.25) is 0 Å². The van der Waals surface area contributed by atoms with E-state index >= 15 is 0 Å². The lowest BCUT2D eigenvalue weighted by Crippen LogP contribution is -2.86. The first-order valence-corrected chi connectivity index (χ1v) is 8.75. The van der Waals surface area contributed by atoms with E-state index < -0.39 is 0 Å². The Balaban J connectivity index is 1.48. The molecule has 1 aliphatic rings. The zero-order valence-electron chi connectivity index (χ0n) is 14.2. The van der Waals surface area contributed by atoms with Crippen molar-refractivity contribution in [3.63, 3.8) is 0 Å². The van der Waals surface area contributed by atoms with Crippen molar-refractivity contribution in [2.24, 2.45) is 0 Å². The Morgan fingerprint density at radius 2 is 1.75 bits per heavy atom. The van der Waals surface area contributed by atoms with Gasteiger partial charge in [-0.05, 0) is 44.0 Å². The van der Waals surface area contributed by atoms with Gasteiger partial charge in [-0.1, -0.05) is 30.3 Å². The average molecular weight is 324 g/mol. The van der Waals surface area contributed by atoms with E-state index in [4.69, 9.17) is 0 Å². The number of carbonyl (C=O) groups excluding carboxylic acids is 1. The van der Waals surface area contributed by atoms with Crippen LogP contribution in [0.15, 0.2) is 54.6 Å². The summed E-state index contributed by atoms with van der Waals surface area (Å²) in [6, 6.07) is 18.7. The van der Waals surface area contributed by atoms with E-state index in [0.29, 0.717) is 6.54 Å². The van der Waals surface area contributed by atoms with Crippen molar-refractivity contribution in [1.29, 1.82) is 0 Å². The lowest BCUT2D eigenvalue weighted by atomic mass is 10.1. The van der Waals surface area contributed by atoms with Crippen LogP contribution in [0.3, 0.4) is 0 Å². The summed E-state index contributed by atoms with van der Waals surface area (Å²) in [5.74, 6) is 0.0340. The largest absolute Gasteiger partial charge is 0.372 e. The third-order valence-corrected chi connectivity index (χ3v) is 4.60. The monoisotopic (exact) mass is 324 g/mol. The number of amides is 1. The Morgan fingerprint density at radius 1 is 1.08 bits per heavy atom. The number of nitrogens with two attached hydrogens (primary N) is 1. The topological polar surface area (TPSA) is 49.0 Å². The van der Waals surface area contributed by atoms with Gasteiger partial charge in [-0.15, -0.1) is 0 Å². The highest BCUT2D eigenvalue weighted by atomic mass is 16.1. The second-order valence-corrected chi connectivity index (χ2v) is 6.43. The molecule has 0 radical (unpaired) electrons. The van der Waals surface area contributed by atoms with Crippen LogP contribution in [0, 0.1) is 0 Å². The van der Waals surface area contributed by atoms with Crippen LogP contribution in [0.5, 0.6) is 0 Å². The maximum atomic E-state index is 12.1. The SMILES string of the molecule is C[C@@H]([NH2+]CC(=O)Nc1ccc(N2CCCC2)cc1)c1ccccc1. The molecule has 0 unspecified atom stereocenters. The van der Waals surface area contributed by atoms with Gasteiger partial charge in [0.05, 0.1) is 0 Å². The van der Waals surface area contributed by atoms with Gasteiger partial charge in [0, 0.05) is 30.0 Å². The van der Waals surface area contributed by atoms with Crippen LogP contribution in [0.1, 0.15) is 31.4 Å². The van der Waals surface area contributed by atoms with Crippen molar-refractivity contribution in [3.8, 4) is 0 Å². The summed E-state index contributed by atoms with van der Waals surface area (Å²) in [5.41, 5.74) is 3.35. The van der Waals surface area contributed by atoms with Crippen LogP contribution < -0.4 is 15.5 Å². The molecule has 1 saturated heterocycles. The molecule has 4 nitrogen and oxygen atoms in total. The fraction of sp³-hybridized carbons (Fsp3) is 0.350. The summed E-state index contributed by atoms with van der Waals surface area (Å²) in [6.07, 6.45) is 2.54. The summed E-state index contributed by atoms with van der Waals surface area (Å²) in [4.78, 5) is 14.5. The maximum absolute atomic E-state index is 12.1. The molecule has 3 rings (SSSR count). The van der Waals surface area contributed by atoms with Crippen molar-refractivity contribution in [2.75, 3.05) is 29.9 Å². The number of nitrogens with zero attached hydrogens (tertiary/aromatic N) is 1. The van der Waals surface area contributed by atoms with Crippen LogP contribution >= 0.6 is 0 Å². The number of quaternary nitrogens is 1. The summed E-state index contributed by atoms with van der Waals surface area (Å²) < 4.78 is 0. The normalized spacial score (nSPS) is 15.3. The van der Waals surface area contributed by atoms with E-state index in [0.717, 1.165) is 18.8 Å². The molecule has 0 aliphatic carbocycles. The number of hydrogen-bond acceptors (Lipinski definition) is 2. The second kappa shape index (κ2) is 7.97. The smallest absolute Gasteiger partial charge is 0.279 e. The zero-order valence-corrected chi connectivity index (χ0v) is 14.2. The van der Waals surface area contributed by atoms with E-state index in [1.807, 2.05) is 30.3 Å². The molecule has 1 fully saturated rings. The van der Waals surface area contributed by atoms with Crippen LogP contribution in [0.25, 0.3) is 0 Å². The van der Waals surface area contributed by atoms with Gasteiger partial charge in [0.1, 0.15) is 6.04 Å². The molecule has 1 atom stereocenters. The van der Waals surface area contributed by atoms with Crippen LogP contribution in [-0.2, 0) is 4.79 Å². The summed E-state index contributed by atoms with van der Waals surface area (Å²) in [6.45, 7) is 4.81. The third kappa shape index (κ3) is 4.36. The highest BCUT2D eigenvalue weighted by Crippen LogP contribution is 2.21. The third-order valence-electron chi connectivity index (χ3n) is 4.60. The molecule has 3 N–H and O–H groups in total. The Kier molecular flexibility index (Phi) is 5.49. The predicted octanol–water partition coefficient (Wildman–Crippen LogP) is 2.55. The quantitative estimate of drug-likeness (QED) is 0.858. The number of carbonyl (C=O) groups is 1. The number of hydrogen-bond donors (Lipinski definition) is 2. The number of anilines is 2. The van der Waals surface area contributed by atoms with Gasteiger partial charge < -0.3 is 15.5 Å². The molecule has 4 heteroatoms. The highest BCUT2D eigenvalue weighted by Gasteiger charge is 2.13. The molecule has 2 aromatic carbocycles. The second-order valence-electron chi connectivity index (χ2n) is 6.43. The van der Waals surface area contributed by atoms with Gasteiger partial charge in [-0.25, -0.2) is 0 Å². The minimum absolute atomic E-state index is 0.0340. The first-order chi connectivity index (χ1) is 11.7. The summed E-state index contributed by atoms with van der Waals surface area (Å²) in [5, 5.41) is 5.04. The van der Waals surface area contributed by atoms with Crippen molar-refractivity contribution < 1.29 is 10.1 Å². The molecule has 1 heterocycles. The standard InChI is InChI=1S/C20H25N3O/c1-16(17-7-3-2-4-8-17)21-15-20(24)22-18-9-11-19(12-10-18)23-13-5-6-14-23/h2-4,7-12,16,21H,5-6,13-15H2,1H3,(H,22,24)/p+1/t16-/m1/s1. The number of nitrogens with one attached hydrogen (secondary N) is 1. The molecule has 1 aliphatic heterocycles. The van der Waals surface area contributed by atoms with Gasteiger partial charge in [-0.2, -0.15) is 0 Å². The molecule has 2 aromatic rings. The first-order valence-electron chi connectivity index (χ1n) is 8.75. The minimum Gasteiger partial charge on any atom is -0.372 e. The van der Waals surface area contributed by atoms with E-state index in [1.165, 1.54) is 24.1 Å². The predicted molar refractivity (Wildman–Crippen MR) is 98.2 cm³/mol. The average Bonchev–Trinajstić information content (AvgIpc) is 3.16. The minimum atomic E-state index is 0.0340. The van der Waals surface area contributed by atoms with Gasteiger partial charge >= 0.3 is 0 Å². The van der Waals surface area contributed by atoms with Crippen molar-refractivity contribution in [3.05, 3.63) is 60.2 Å². The molecule has 0 saturated carbocycles. The van der Waals surface area contributed by atoms with Gasteiger partial charge in [-0.3, -0.25) is 4.79 Å². The molecular weight excluding hydrogens is 298 g/mol. The lowest BCUT2D eigenvalue weighted by molar-refractivity contribution is -0.682. The number of rotatable bonds is 6. The summed E-state index contributed by atoms with van der Waals surface area (Å²) >= 11 is 0. The zero-order chi connectivity index (χ0) is 16.8. The van der Waals surface area contributed by atoms with Gasteiger partial charge in [0.15, 0.2) is 6.54 Å². The Bertz CT molecular complexity index is 648. The molecule has 0 bridgehead atoms. The highest BCUT2D eigenvalue weighted by molar-refractivity contribution is 5.91. The fourth-order valence-corrected chi connectivity index (χ4v) is 3.12. The fourth-order valence-electron chi connectivity index (χ4n) is 3.12. The van der Waals surface area contributed by atoms with Gasteiger partial charge in [0.25, 0.3) is 5.91 Å². The van der Waals surface area contributed by atoms with E-state index in [1.54, 1.807) is 0 Å². The van der Waals surface area contributed by atoms with Crippen LogP contribution in [0.4, 0.5) is 11.4 Å². The lowest BCUT2D eigenvalue weighted by Gasteiger charge is -2.17. The van der Waals surface area contributed by atoms with Crippen LogP contribution in [-0.4, -0.2) is 25.5 Å². The Hall–Kier alpha value is -2.33. The molecule has 0 spiro atoms. The molecule has 126 valence electrons. The Morgan fingerprint density at radius 3 is 2.42 bits per heavy atom. The maximum Gasteiger partial charge on any atom is 0.279 e. The van der Waals surface area contributed by atoms with E-state index in [2.05, 4.69) is 46.7 Å².